The second kappa shape index (κ2) is 12.4. The predicted molar refractivity (Wildman–Crippen MR) is 149 cm³/mol. The summed E-state index contributed by atoms with van der Waals surface area (Å²) in [5.74, 6) is -8.14. The fraction of sp³-hybridized carbons (Fsp3) is 0.429. The Labute approximate surface area is 254 Å². The first-order valence-electron chi connectivity index (χ1n) is 13.8. The number of halogens is 5. The number of nitrogens with zero attached hydrogens (tertiary/aromatic N) is 3. The molecule has 10 nitrogen and oxygen atoms in total. The molecule has 1 saturated carbocycles. The largest absolute Gasteiger partial charge is 0.481 e. The monoisotopic (exact) mass is 658 g/mol. The summed E-state index contributed by atoms with van der Waals surface area (Å²) in [6.45, 7) is 1.54. The second-order valence-corrected chi connectivity index (χ2v) is 13.2. The number of carboxylic acids is 1. The maximum Gasteiger partial charge on any atom is 0.338 e. The molecule has 1 aliphatic carbocycles. The van der Waals surface area contributed by atoms with E-state index in [2.05, 4.69) is 15.3 Å². The molecule has 1 atom stereocenters. The fourth-order valence-electron chi connectivity index (χ4n) is 5.63. The number of aliphatic imine (C=N–C) groups is 1. The average Bonchev–Trinajstić information content (AvgIpc) is 2.94. The van der Waals surface area contributed by atoms with Crippen molar-refractivity contribution in [1.29, 1.82) is 0 Å². The number of aliphatic carboxylic acids is 1. The fourth-order valence-corrected chi connectivity index (χ4v) is 7.98. The summed E-state index contributed by atoms with van der Waals surface area (Å²) in [6.07, 6.45) is 1.13. The number of hydrogen-bond donors (Lipinski definition) is 2. The standard InChI is InChI=1S/C28H27ClF4N4O6S/c1-2-43-28(40)20-23(13-5-7-37(8-6-13)44(41,42)16-9-14(10-16)27(38)39)35-26(25-19(32)11-15(30)12-34-25)36-24(20)17-3-4-18(31)22(33)21(17)29/h3-4,11-14,16,24H,2,5-10H2,1H3,(H,35,36)(H,38,39). The van der Waals surface area contributed by atoms with Gasteiger partial charge in [0, 0.05) is 36.3 Å². The molecule has 2 aromatic rings. The van der Waals surface area contributed by atoms with Gasteiger partial charge in [0.1, 0.15) is 17.6 Å². The first kappa shape index (κ1) is 31.9. The molecule has 3 aliphatic rings. The summed E-state index contributed by atoms with van der Waals surface area (Å²) < 4.78 is 90.1. The van der Waals surface area contributed by atoms with E-state index in [-0.39, 0.29) is 68.0 Å². The summed E-state index contributed by atoms with van der Waals surface area (Å²) in [4.78, 5) is 32.7. The Hall–Kier alpha value is -3.56. The van der Waals surface area contributed by atoms with E-state index < -0.39 is 79.1 Å². The van der Waals surface area contributed by atoms with Gasteiger partial charge in [0.15, 0.2) is 23.3 Å². The number of carbonyl (C=O) groups is 2. The molecular formula is C28H27ClF4N4O6S. The number of rotatable bonds is 8. The van der Waals surface area contributed by atoms with Gasteiger partial charge in [-0.2, -0.15) is 0 Å². The smallest absolute Gasteiger partial charge is 0.338 e. The highest BCUT2D eigenvalue weighted by molar-refractivity contribution is 7.89. The molecule has 44 heavy (non-hydrogen) atoms. The number of carbonyl (C=O) groups excluding carboxylic acids is 1. The van der Waals surface area contributed by atoms with Crippen LogP contribution in [0.2, 0.25) is 5.02 Å². The maximum atomic E-state index is 14.9. The molecule has 3 heterocycles. The number of nitrogens with one attached hydrogen (secondary N) is 1. The molecule has 1 aromatic carbocycles. The van der Waals surface area contributed by atoms with Crippen LogP contribution in [-0.4, -0.2) is 65.5 Å². The Bertz CT molecular complexity index is 1670. The van der Waals surface area contributed by atoms with Crippen molar-refractivity contribution in [3.05, 3.63) is 75.2 Å². The Kier molecular flexibility index (Phi) is 9.01. The van der Waals surface area contributed by atoms with Crippen molar-refractivity contribution >= 4 is 39.4 Å². The van der Waals surface area contributed by atoms with Crippen LogP contribution in [0.3, 0.4) is 0 Å². The molecule has 5 rings (SSSR count). The van der Waals surface area contributed by atoms with E-state index in [0.717, 1.165) is 18.3 Å². The summed E-state index contributed by atoms with van der Waals surface area (Å²) in [7, 11) is -3.79. The van der Waals surface area contributed by atoms with E-state index in [0.29, 0.717) is 6.07 Å². The van der Waals surface area contributed by atoms with Gasteiger partial charge in [0.05, 0.1) is 34.6 Å². The Morgan fingerprint density at radius 2 is 1.82 bits per heavy atom. The van der Waals surface area contributed by atoms with Gasteiger partial charge in [0.25, 0.3) is 0 Å². The number of benzene rings is 1. The van der Waals surface area contributed by atoms with Gasteiger partial charge < -0.3 is 15.2 Å². The highest BCUT2D eigenvalue weighted by Crippen LogP contribution is 2.42. The van der Waals surface area contributed by atoms with Crippen molar-refractivity contribution in [3.63, 3.8) is 0 Å². The lowest BCUT2D eigenvalue weighted by atomic mass is 9.85. The van der Waals surface area contributed by atoms with Crippen LogP contribution in [0.4, 0.5) is 17.6 Å². The van der Waals surface area contributed by atoms with Crippen LogP contribution in [-0.2, 0) is 24.3 Å². The highest BCUT2D eigenvalue weighted by Gasteiger charge is 2.46. The van der Waals surface area contributed by atoms with Crippen LogP contribution in [0.15, 0.2) is 40.7 Å². The quantitative estimate of drug-likeness (QED) is 0.246. The molecule has 2 N–H and O–H groups in total. The number of esters is 1. The Morgan fingerprint density at radius 3 is 2.43 bits per heavy atom. The van der Waals surface area contributed by atoms with Crippen molar-refractivity contribution in [3.8, 4) is 0 Å². The third kappa shape index (κ3) is 5.92. The number of piperidine rings is 1. The number of allylic oxidation sites excluding steroid dienone is 1. The van der Waals surface area contributed by atoms with E-state index in [1.54, 1.807) is 6.92 Å². The molecule has 0 bridgehead atoms. The average molecular weight is 659 g/mol. The highest BCUT2D eigenvalue weighted by atomic mass is 35.5. The van der Waals surface area contributed by atoms with Gasteiger partial charge in [0.2, 0.25) is 10.0 Å². The molecule has 0 radical (unpaired) electrons. The minimum absolute atomic E-state index is 0.0179. The number of pyridine rings is 1. The second-order valence-electron chi connectivity index (χ2n) is 10.6. The summed E-state index contributed by atoms with van der Waals surface area (Å²) >= 11 is 6.18. The number of carboxylic acid groups (broad SMARTS) is 1. The molecule has 1 aromatic heterocycles. The third-order valence-corrected chi connectivity index (χ3v) is 10.7. The molecule has 16 heteroatoms. The topological polar surface area (TPSA) is 138 Å². The maximum absolute atomic E-state index is 14.9. The summed E-state index contributed by atoms with van der Waals surface area (Å²) in [6, 6.07) is 1.07. The lowest BCUT2D eigenvalue weighted by Gasteiger charge is -2.40. The number of ether oxygens (including phenoxy) is 1. The molecule has 2 fully saturated rings. The van der Waals surface area contributed by atoms with E-state index in [4.69, 9.17) is 21.4 Å². The Balaban J connectivity index is 1.54. The zero-order chi connectivity index (χ0) is 31.9. The van der Waals surface area contributed by atoms with E-state index >= 15 is 0 Å². The SMILES string of the molecule is CCOC(=O)C1=C(C2CCN(S(=O)(=O)C3CC(C(=O)O)C3)CC2)NC(c2ncc(F)cc2F)=NC1c1ccc(F)c(F)c1Cl. The first-order valence-corrected chi connectivity index (χ1v) is 15.6. The van der Waals surface area contributed by atoms with Crippen LogP contribution >= 0.6 is 11.6 Å². The van der Waals surface area contributed by atoms with E-state index in [1.807, 2.05) is 0 Å². The Morgan fingerprint density at radius 1 is 1.14 bits per heavy atom. The molecule has 236 valence electrons. The van der Waals surface area contributed by atoms with Crippen LogP contribution in [0.5, 0.6) is 0 Å². The molecule has 0 amide bonds. The predicted octanol–water partition coefficient (Wildman–Crippen LogP) is 4.10. The van der Waals surface area contributed by atoms with Crippen molar-refractivity contribution in [2.75, 3.05) is 19.7 Å². The zero-order valence-electron chi connectivity index (χ0n) is 23.2. The zero-order valence-corrected chi connectivity index (χ0v) is 24.8. The van der Waals surface area contributed by atoms with Gasteiger partial charge in [-0.3, -0.25) is 9.79 Å². The molecule has 1 unspecified atom stereocenters. The van der Waals surface area contributed by atoms with Gasteiger partial charge in [-0.15, -0.1) is 0 Å². The van der Waals surface area contributed by atoms with Crippen LogP contribution in [0.1, 0.15) is 49.9 Å². The number of amidine groups is 1. The van der Waals surface area contributed by atoms with Gasteiger partial charge in [-0.05, 0) is 38.7 Å². The molecular weight excluding hydrogens is 632 g/mol. The minimum atomic E-state index is -3.79. The summed E-state index contributed by atoms with van der Waals surface area (Å²) in [5.41, 5.74) is -0.522. The van der Waals surface area contributed by atoms with Crippen LogP contribution in [0.25, 0.3) is 0 Å². The molecule has 0 spiro atoms. The first-order chi connectivity index (χ1) is 20.8. The van der Waals surface area contributed by atoms with Gasteiger partial charge >= 0.3 is 11.9 Å². The van der Waals surface area contributed by atoms with Gasteiger partial charge in [-0.1, -0.05) is 17.7 Å². The van der Waals surface area contributed by atoms with E-state index in [1.165, 1.54) is 4.31 Å². The lowest BCUT2D eigenvalue weighted by molar-refractivity contribution is -0.144. The van der Waals surface area contributed by atoms with Crippen LogP contribution in [0, 0.1) is 35.1 Å². The van der Waals surface area contributed by atoms with Crippen molar-refractivity contribution in [2.24, 2.45) is 16.8 Å². The van der Waals surface area contributed by atoms with Crippen molar-refractivity contribution in [1.82, 2.24) is 14.6 Å². The van der Waals surface area contributed by atoms with Crippen molar-refractivity contribution in [2.45, 2.75) is 43.9 Å². The normalized spacial score (nSPS) is 23.0. The van der Waals surface area contributed by atoms with Crippen molar-refractivity contribution < 1.29 is 45.4 Å². The minimum Gasteiger partial charge on any atom is -0.481 e. The number of hydrogen-bond acceptors (Lipinski definition) is 8. The van der Waals surface area contributed by atoms with Gasteiger partial charge in [-0.25, -0.2) is 40.1 Å². The molecule has 1 saturated heterocycles. The molecule has 2 aliphatic heterocycles. The third-order valence-electron chi connectivity index (χ3n) is 8.05. The van der Waals surface area contributed by atoms with Crippen LogP contribution < -0.4 is 5.32 Å². The number of aromatic nitrogens is 1. The number of sulfonamides is 1. The lowest BCUT2D eigenvalue weighted by Crippen LogP contribution is -2.50. The summed E-state index contributed by atoms with van der Waals surface area (Å²) in [5, 5.41) is 10.6. The van der Waals surface area contributed by atoms with E-state index in [9.17, 15) is 35.6 Å².